The lowest BCUT2D eigenvalue weighted by Gasteiger charge is -2.34. The van der Waals surface area contributed by atoms with E-state index in [1.165, 1.54) is 11.1 Å². The van der Waals surface area contributed by atoms with Crippen LogP contribution in [0, 0.1) is 0 Å². The summed E-state index contributed by atoms with van der Waals surface area (Å²) in [6.45, 7) is 6.27. The molecule has 0 radical (unpaired) electrons. The average molecular weight is 418 g/mol. The Morgan fingerprint density at radius 2 is 1.61 bits per heavy atom. The summed E-state index contributed by atoms with van der Waals surface area (Å²) >= 11 is 0. The molecule has 2 aliphatic rings. The van der Waals surface area contributed by atoms with E-state index >= 15 is 0 Å². The van der Waals surface area contributed by atoms with Gasteiger partial charge in [0.1, 0.15) is 5.75 Å². The minimum absolute atomic E-state index is 0.0153. The predicted octanol–water partition coefficient (Wildman–Crippen LogP) is 5.43. The van der Waals surface area contributed by atoms with Crippen molar-refractivity contribution in [3.8, 4) is 5.75 Å². The maximum absolute atomic E-state index is 13.2. The van der Waals surface area contributed by atoms with Gasteiger partial charge in [-0.25, -0.2) is 0 Å². The topological polar surface area (TPSA) is 55.4 Å². The van der Waals surface area contributed by atoms with Crippen LogP contribution in [0.5, 0.6) is 5.75 Å². The molecular weight excluding hydrogens is 386 g/mol. The molecule has 0 fully saturated rings. The summed E-state index contributed by atoms with van der Waals surface area (Å²) < 4.78 is 5.88. The molecule has 0 bridgehead atoms. The van der Waals surface area contributed by atoms with Crippen molar-refractivity contribution in [2.24, 2.45) is 0 Å². The van der Waals surface area contributed by atoms with E-state index in [4.69, 9.17) is 4.74 Å². The van der Waals surface area contributed by atoms with Crippen LogP contribution in [0.1, 0.15) is 75.0 Å². The molecule has 2 aromatic carbocycles. The van der Waals surface area contributed by atoms with Gasteiger partial charge in [-0.15, -0.1) is 0 Å². The molecule has 1 aliphatic carbocycles. The Bertz CT molecular complexity index is 988. The van der Waals surface area contributed by atoms with Crippen molar-refractivity contribution in [3.05, 3.63) is 76.5 Å². The molecule has 1 N–H and O–H groups in total. The molecule has 0 aromatic heterocycles. The molecule has 4 nitrogen and oxygen atoms in total. The molecule has 1 heterocycles. The van der Waals surface area contributed by atoms with Crippen molar-refractivity contribution < 1.29 is 14.3 Å². The first kappa shape index (κ1) is 21.4. The number of carbonyl (C=O) groups is 2. The summed E-state index contributed by atoms with van der Waals surface area (Å²) in [5, 5.41) is 3.01. The van der Waals surface area contributed by atoms with Crippen molar-refractivity contribution in [2.45, 2.75) is 70.8 Å². The summed E-state index contributed by atoms with van der Waals surface area (Å²) in [5.41, 5.74) is 5.05. The van der Waals surface area contributed by atoms with Gasteiger partial charge in [-0.05, 0) is 60.9 Å². The van der Waals surface area contributed by atoms with Crippen LogP contribution < -0.4 is 10.1 Å². The van der Waals surface area contributed by atoms with E-state index in [0.717, 1.165) is 35.4 Å². The maximum Gasteiger partial charge on any atom is 0.225 e. The van der Waals surface area contributed by atoms with Crippen molar-refractivity contribution in [1.29, 1.82) is 0 Å². The molecule has 0 saturated carbocycles. The number of hydrogen-bond acceptors (Lipinski definition) is 3. The van der Waals surface area contributed by atoms with Crippen LogP contribution in [-0.4, -0.2) is 17.8 Å². The minimum Gasteiger partial charge on any atom is -0.491 e. The minimum atomic E-state index is -0.183. The number of Topliss-reactive ketones (excluding diaryl/α,β-unsaturated/α-hetero) is 1. The van der Waals surface area contributed by atoms with E-state index < -0.39 is 0 Å². The predicted molar refractivity (Wildman–Crippen MR) is 122 cm³/mol. The summed E-state index contributed by atoms with van der Waals surface area (Å²) in [5.74, 6) is 0.882. The third kappa shape index (κ3) is 4.58. The van der Waals surface area contributed by atoms with Crippen molar-refractivity contribution >= 4 is 11.7 Å². The van der Waals surface area contributed by atoms with Crippen molar-refractivity contribution in [1.82, 2.24) is 5.32 Å². The van der Waals surface area contributed by atoms with Gasteiger partial charge in [0.25, 0.3) is 0 Å². The van der Waals surface area contributed by atoms with Gasteiger partial charge in [0.2, 0.25) is 5.91 Å². The Morgan fingerprint density at radius 3 is 2.26 bits per heavy atom. The zero-order valence-corrected chi connectivity index (χ0v) is 18.6. The van der Waals surface area contributed by atoms with E-state index in [1.54, 1.807) is 0 Å². The molecule has 1 amide bonds. The van der Waals surface area contributed by atoms with Gasteiger partial charge >= 0.3 is 0 Å². The van der Waals surface area contributed by atoms with Crippen LogP contribution in [0.2, 0.25) is 0 Å². The van der Waals surface area contributed by atoms with Crippen LogP contribution in [0.25, 0.3) is 0 Å². The molecule has 3 unspecified atom stereocenters. The van der Waals surface area contributed by atoms with E-state index in [2.05, 4.69) is 43.4 Å². The molecule has 31 heavy (non-hydrogen) atoms. The lowest BCUT2D eigenvalue weighted by atomic mass is 9.73. The summed E-state index contributed by atoms with van der Waals surface area (Å²) in [6, 6.07) is 16.4. The van der Waals surface area contributed by atoms with Crippen LogP contribution in [0.3, 0.4) is 0 Å². The highest BCUT2D eigenvalue weighted by atomic mass is 16.5. The molecule has 4 heteroatoms. The number of benzene rings is 2. The van der Waals surface area contributed by atoms with Crippen LogP contribution >= 0.6 is 0 Å². The third-order valence-corrected chi connectivity index (χ3v) is 6.59. The zero-order valence-electron chi connectivity index (χ0n) is 18.6. The quantitative estimate of drug-likeness (QED) is 0.682. The van der Waals surface area contributed by atoms with E-state index in [-0.39, 0.29) is 29.6 Å². The average Bonchev–Trinajstić information content (AvgIpc) is 2.78. The molecule has 2 aromatic rings. The standard InChI is InChI=1S/C27H31NO3/c1-4-17(3)31-22-12-10-20(11-13-22)23-16-26(30)28-24-14-21(15-25(29)27(23)24)19-8-6-18(5-2)7-9-19/h6-13,17,21,23H,4-5,14-16H2,1-3H3,(H,28,30). The number of allylic oxidation sites excluding steroid dienone is 2. The fraction of sp³-hybridized carbons (Fsp3) is 0.407. The number of ketones is 1. The Balaban J connectivity index is 1.59. The fourth-order valence-electron chi connectivity index (χ4n) is 4.60. The lowest BCUT2D eigenvalue weighted by molar-refractivity contribution is -0.122. The number of nitrogens with one attached hydrogen (secondary N) is 1. The number of ether oxygens (including phenoxy) is 1. The molecule has 3 atom stereocenters. The zero-order chi connectivity index (χ0) is 22.0. The number of aryl methyl sites for hydroxylation is 1. The number of hydrogen-bond donors (Lipinski definition) is 1. The first-order chi connectivity index (χ1) is 15.0. The van der Waals surface area contributed by atoms with Gasteiger partial charge in [-0.2, -0.15) is 0 Å². The van der Waals surface area contributed by atoms with Gasteiger partial charge in [-0.1, -0.05) is 50.2 Å². The molecule has 0 saturated heterocycles. The highest BCUT2D eigenvalue weighted by Crippen LogP contribution is 2.42. The number of carbonyl (C=O) groups excluding carboxylic acids is 2. The van der Waals surface area contributed by atoms with Gasteiger partial charge in [-0.3, -0.25) is 9.59 Å². The highest BCUT2D eigenvalue weighted by molar-refractivity contribution is 6.02. The fourth-order valence-corrected chi connectivity index (χ4v) is 4.60. The summed E-state index contributed by atoms with van der Waals surface area (Å²) in [6.07, 6.45) is 3.60. The van der Waals surface area contributed by atoms with Gasteiger partial charge in [0.15, 0.2) is 5.78 Å². The van der Waals surface area contributed by atoms with Gasteiger partial charge < -0.3 is 10.1 Å². The third-order valence-electron chi connectivity index (χ3n) is 6.59. The van der Waals surface area contributed by atoms with Crippen molar-refractivity contribution in [2.75, 3.05) is 0 Å². The Labute approximate surface area is 184 Å². The normalized spacial score (nSPS) is 22.0. The van der Waals surface area contributed by atoms with E-state index in [0.29, 0.717) is 19.3 Å². The highest BCUT2D eigenvalue weighted by Gasteiger charge is 2.38. The molecule has 1 aliphatic heterocycles. The number of amides is 1. The maximum atomic E-state index is 13.2. The van der Waals surface area contributed by atoms with Crippen molar-refractivity contribution in [3.63, 3.8) is 0 Å². The van der Waals surface area contributed by atoms with Crippen LogP contribution in [0.15, 0.2) is 59.8 Å². The lowest BCUT2D eigenvalue weighted by Crippen LogP contribution is -2.38. The molecule has 4 rings (SSSR count). The second-order valence-electron chi connectivity index (χ2n) is 8.73. The second-order valence-corrected chi connectivity index (χ2v) is 8.73. The van der Waals surface area contributed by atoms with E-state index in [9.17, 15) is 9.59 Å². The summed E-state index contributed by atoms with van der Waals surface area (Å²) in [4.78, 5) is 25.7. The van der Waals surface area contributed by atoms with Gasteiger partial charge in [0, 0.05) is 30.0 Å². The smallest absolute Gasteiger partial charge is 0.225 e. The van der Waals surface area contributed by atoms with Gasteiger partial charge in [0.05, 0.1) is 6.10 Å². The van der Waals surface area contributed by atoms with Crippen LogP contribution in [-0.2, 0) is 16.0 Å². The summed E-state index contributed by atoms with van der Waals surface area (Å²) in [7, 11) is 0. The Kier molecular flexibility index (Phi) is 6.26. The molecular formula is C27H31NO3. The monoisotopic (exact) mass is 417 g/mol. The SMILES string of the molecule is CCc1ccc(C2CC(=O)C3=C(C2)NC(=O)CC3c2ccc(OC(C)CC)cc2)cc1. The Hall–Kier alpha value is -2.88. The first-order valence-corrected chi connectivity index (χ1v) is 11.4. The second kappa shape index (κ2) is 9.09. The number of rotatable bonds is 6. The van der Waals surface area contributed by atoms with E-state index in [1.807, 2.05) is 31.2 Å². The first-order valence-electron chi connectivity index (χ1n) is 11.4. The molecule has 162 valence electrons. The Morgan fingerprint density at radius 1 is 0.935 bits per heavy atom. The largest absolute Gasteiger partial charge is 0.491 e. The van der Waals surface area contributed by atoms with Crippen LogP contribution in [0.4, 0.5) is 0 Å². The molecule has 0 spiro atoms.